The summed E-state index contributed by atoms with van der Waals surface area (Å²) in [6.07, 6.45) is 1.96. The Morgan fingerprint density at radius 1 is 1.12 bits per heavy atom. The van der Waals surface area contributed by atoms with Crippen LogP contribution < -0.4 is 14.8 Å². The van der Waals surface area contributed by atoms with Crippen molar-refractivity contribution in [3.63, 3.8) is 0 Å². The molecule has 2 aliphatic rings. The summed E-state index contributed by atoms with van der Waals surface area (Å²) in [4.78, 5) is 14.7. The molecule has 2 aromatic carbocycles. The molecular formula is C20H22N2O3. The van der Waals surface area contributed by atoms with Gasteiger partial charge in [0.2, 0.25) is 0 Å². The van der Waals surface area contributed by atoms with Gasteiger partial charge in [-0.1, -0.05) is 18.2 Å². The fourth-order valence-corrected chi connectivity index (χ4v) is 3.54. The molecule has 0 radical (unpaired) electrons. The van der Waals surface area contributed by atoms with E-state index in [2.05, 4.69) is 5.32 Å². The average molecular weight is 338 g/mol. The minimum absolute atomic E-state index is 0.0528. The standard InChI is InChI=1S/C20H22N2O3/c1-14-4-2-5-16(12-14)21-20(23)22-9-3-6-17(22)15-7-8-18-19(13-15)25-11-10-24-18/h2,4-5,7-8,12-13,17H,3,6,9-11H2,1H3,(H,21,23). The van der Waals surface area contributed by atoms with Gasteiger partial charge in [0.15, 0.2) is 11.5 Å². The molecule has 1 unspecified atom stereocenters. The molecule has 2 amide bonds. The van der Waals surface area contributed by atoms with Crippen molar-refractivity contribution in [3.05, 3.63) is 53.6 Å². The molecule has 2 heterocycles. The van der Waals surface area contributed by atoms with Crippen LogP contribution in [-0.4, -0.2) is 30.7 Å². The van der Waals surface area contributed by atoms with E-state index in [1.54, 1.807) is 0 Å². The molecule has 2 aromatic rings. The lowest BCUT2D eigenvalue weighted by Crippen LogP contribution is -2.34. The first-order valence-corrected chi connectivity index (χ1v) is 8.74. The molecule has 0 bridgehead atoms. The van der Waals surface area contributed by atoms with Crippen molar-refractivity contribution in [2.24, 2.45) is 0 Å². The summed E-state index contributed by atoms with van der Waals surface area (Å²) >= 11 is 0. The number of anilines is 1. The molecule has 1 atom stereocenters. The Morgan fingerprint density at radius 2 is 1.96 bits per heavy atom. The maximum absolute atomic E-state index is 12.8. The molecule has 0 spiro atoms. The maximum atomic E-state index is 12.8. The van der Waals surface area contributed by atoms with Crippen LogP contribution in [0.25, 0.3) is 0 Å². The minimum Gasteiger partial charge on any atom is -0.486 e. The monoisotopic (exact) mass is 338 g/mol. The molecule has 25 heavy (non-hydrogen) atoms. The van der Waals surface area contributed by atoms with Crippen LogP contribution in [0, 0.1) is 6.92 Å². The third-order valence-electron chi connectivity index (χ3n) is 4.73. The summed E-state index contributed by atoms with van der Waals surface area (Å²) in [6.45, 7) is 3.93. The van der Waals surface area contributed by atoms with E-state index in [4.69, 9.17) is 9.47 Å². The molecule has 0 saturated carbocycles. The Morgan fingerprint density at radius 3 is 2.80 bits per heavy atom. The second kappa shape index (κ2) is 6.67. The Kier molecular flexibility index (Phi) is 4.22. The molecule has 2 aliphatic heterocycles. The van der Waals surface area contributed by atoms with Crippen LogP contribution in [0.15, 0.2) is 42.5 Å². The molecule has 0 aliphatic carbocycles. The zero-order valence-electron chi connectivity index (χ0n) is 14.3. The van der Waals surface area contributed by atoms with Crippen LogP contribution in [-0.2, 0) is 0 Å². The van der Waals surface area contributed by atoms with Crippen molar-refractivity contribution in [2.45, 2.75) is 25.8 Å². The highest BCUT2D eigenvalue weighted by molar-refractivity contribution is 5.90. The first-order valence-electron chi connectivity index (χ1n) is 8.74. The number of fused-ring (bicyclic) bond motifs is 1. The van der Waals surface area contributed by atoms with Gasteiger partial charge in [-0.2, -0.15) is 0 Å². The van der Waals surface area contributed by atoms with Crippen molar-refractivity contribution < 1.29 is 14.3 Å². The maximum Gasteiger partial charge on any atom is 0.322 e. The van der Waals surface area contributed by atoms with Crippen LogP contribution in [0.2, 0.25) is 0 Å². The smallest absolute Gasteiger partial charge is 0.322 e. The topological polar surface area (TPSA) is 50.8 Å². The number of ether oxygens (including phenoxy) is 2. The van der Waals surface area contributed by atoms with Gasteiger partial charge in [0.25, 0.3) is 0 Å². The van der Waals surface area contributed by atoms with Gasteiger partial charge >= 0.3 is 6.03 Å². The summed E-state index contributed by atoms with van der Waals surface area (Å²) in [5.74, 6) is 1.55. The van der Waals surface area contributed by atoms with E-state index in [0.29, 0.717) is 13.2 Å². The summed E-state index contributed by atoms with van der Waals surface area (Å²) < 4.78 is 11.3. The van der Waals surface area contributed by atoms with Gasteiger partial charge in [0.1, 0.15) is 13.2 Å². The highest BCUT2D eigenvalue weighted by Crippen LogP contribution is 2.38. The van der Waals surface area contributed by atoms with Crippen LogP contribution >= 0.6 is 0 Å². The quantitative estimate of drug-likeness (QED) is 0.895. The van der Waals surface area contributed by atoms with Crippen molar-refractivity contribution in [1.82, 2.24) is 4.90 Å². The summed E-state index contributed by atoms with van der Waals surface area (Å²) in [5, 5.41) is 3.02. The number of carbonyl (C=O) groups is 1. The normalized spacial score (nSPS) is 18.9. The Labute approximate surface area is 147 Å². The molecule has 1 saturated heterocycles. The number of aryl methyl sites for hydroxylation is 1. The third kappa shape index (κ3) is 3.27. The van der Waals surface area contributed by atoms with E-state index in [1.165, 1.54) is 0 Å². The fraction of sp³-hybridized carbons (Fsp3) is 0.350. The number of urea groups is 1. The lowest BCUT2D eigenvalue weighted by atomic mass is 10.0. The van der Waals surface area contributed by atoms with Gasteiger partial charge in [-0.25, -0.2) is 4.79 Å². The van der Waals surface area contributed by atoms with Crippen molar-refractivity contribution >= 4 is 11.7 Å². The second-order valence-corrected chi connectivity index (χ2v) is 6.55. The lowest BCUT2D eigenvalue weighted by Gasteiger charge is -2.27. The first-order chi connectivity index (χ1) is 12.2. The SMILES string of the molecule is Cc1cccc(NC(=O)N2CCCC2c2ccc3c(c2)OCCO3)c1. The van der Waals surface area contributed by atoms with Crippen molar-refractivity contribution in [1.29, 1.82) is 0 Å². The number of hydrogen-bond donors (Lipinski definition) is 1. The van der Waals surface area contributed by atoms with E-state index in [9.17, 15) is 4.79 Å². The van der Waals surface area contributed by atoms with Gasteiger partial charge in [-0.05, 0) is 55.2 Å². The average Bonchev–Trinajstić information content (AvgIpc) is 3.11. The number of nitrogens with zero attached hydrogens (tertiary/aromatic N) is 1. The number of hydrogen-bond acceptors (Lipinski definition) is 3. The number of amides is 2. The molecule has 130 valence electrons. The van der Waals surface area contributed by atoms with Gasteiger partial charge in [0, 0.05) is 12.2 Å². The van der Waals surface area contributed by atoms with Crippen molar-refractivity contribution in [3.8, 4) is 11.5 Å². The van der Waals surface area contributed by atoms with Crippen LogP contribution in [0.5, 0.6) is 11.5 Å². The predicted molar refractivity (Wildman–Crippen MR) is 96.3 cm³/mol. The van der Waals surface area contributed by atoms with Gasteiger partial charge in [-0.3, -0.25) is 0 Å². The zero-order chi connectivity index (χ0) is 17.2. The third-order valence-corrected chi connectivity index (χ3v) is 4.73. The molecule has 5 heteroatoms. The Balaban J connectivity index is 1.53. The molecule has 5 nitrogen and oxygen atoms in total. The van der Waals surface area contributed by atoms with Gasteiger partial charge in [0.05, 0.1) is 6.04 Å². The first kappa shape index (κ1) is 15.8. The van der Waals surface area contributed by atoms with E-state index >= 15 is 0 Å². The van der Waals surface area contributed by atoms with E-state index < -0.39 is 0 Å². The minimum atomic E-state index is -0.0528. The Bertz CT molecular complexity index is 790. The van der Waals surface area contributed by atoms with Gasteiger partial charge < -0.3 is 19.7 Å². The number of benzene rings is 2. The number of rotatable bonds is 2. The second-order valence-electron chi connectivity index (χ2n) is 6.55. The highest BCUT2D eigenvalue weighted by Gasteiger charge is 2.31. The molecular weight excluding hydrogens is 316 g/mol. The molecule has 4 rings (SSSR count). The number of likely N-dealkylation sites (tertiary alicyclic amines) is 1. The predicted octanol–water partition coefficient (Wildman–Crippen LogP) is 4.14. The van der Waals surface area contributed by atoms with E-state index in [0.717, 1.165) is 47.7 Å². The van der Waals surface area contributed by atoms with Crippen LogP contribution in [0.1, 0.15) is 30.0 Å². The summed E-state index contributed by atoms with van der Waals surface area (Å²) in [7, 11) is 0. The lowest BCUT2D eigenvalue weighted by molar-refractivity contribution is 0.170. The van der Waals surface area contributed by atoms with E-state index in [1.807, 2.05) is 54.3 Å². The largest absolute Gasteiger partial charge is 0.486 e. The summed E-state index contributed by atoms with van der Waals surface area (Å²) in [6, 6.07) is 13.9. The molecule has 1 N–H and O–H groups in total. The van der Waals surface area contributed by atoms with Crippen molar-refractivity contribution in [2.75, 3.05) is 25.1 Å². The Hall–Kier alpha value is -2.69. The van der Waals surface area contributed by atoms with Crippen LogP contribution in [0.4, 0.5) is 10.5 Å². The zero-order valence-corrected chi connectivity index (χ0v) is 14.3. The fourth-order valence-electron chi connectivity index (χ4n) is 3.54. The molecule has 0 aromatic heterocycles. The summed E-state index contributed by atoms with van der Waals surface area (Å²) in [5.41, 5.74) is 3.06. The highest BCUT2D eigenvalue weighted by atomic mass is 16.6. The van der Waals surface area contributed by atoms with Crippen LogP contribution in [0.3, 0.4) is 0 Å². The van der Waals surface area contributed by atoms with Gasteiger partial charge in [-0.15, -0.1) is 0 Å². The molecule has 1 fully saturated rings. The number of nitrogens with one attached hydrogen (secondary N) is 1. The van der Waals surface area contributed by atoms with E-state index in [-0.39, 0.29) is 12.1 Å². The number of carbonyl (C=O) groups excluding carboxylic acids is 1.